The van der Waals surface area contributed by atoms with Crippen LogP contribution >= 0.6 is 23.4 Å². The number of rotatable bonds is 3. The summed E-state index contributed by atoms with van der Waals surface area (Å²) in [4.78, 5) is 4.31. The number of amidine groups is 1. The van der Waals surface area contributed by atoms with Crippen molar-refractivity contribution in [3.05, 3.63) is 23.2 Å². The standard InChI is InChI=1S/C14H16ClN3OS/c1-20-14(17-9-16)18-10-6-7-13(12(15)8-10)19-11-4-2-3-5-11/h6-8,11H,2-5H2,1H3,(H,17,18). The zero-order valence-corrected chi connectivity index (χ0v) is 12.8. The predicted octanol–water partition coefficient (Wildman–Crippen LogP) is 4.08. The molecule has 1 aliphatic rings. The molecule has 1 aromatic carbocycles. The largest absolute Gasteiger partial charge is 0.489 e. The van der Waals surface area contributed by atoms with Gasteiger partial charge < -0.3 is 4.74 Å². The van der Waals surface area contributed by atoms with Crippen molar-refractivity contribution in [1.82, 2.24) is 5.32 Å². The van der Waals surface area contributed by atoms with E-state index in [1.165, 1.54) is 24.6 Å². The minimum Gasteiger partial charge on any atom is -0.489 e. The Labute approximate surface area is 128 Å². The number of hydrogen-bond donors (Lipinski definition) is 1. The third-order valence-electron chi connectivity index (χ3n) is 3.10. The van der Waals surface area contributed by atoms with Crippen LogP contribution in [0.2, 0.25) is 5.02 Å². The van der Waals surface area contributed by atoms with Crippen molar-refractivity contribution in [1.29, 1.82) is 5.26 Å². The molecule has 0 aromatic heterocycles. The Hall–Kier alpha value is -1.38. The third-order valence-corrected chi connectivity index (χ3v) is 3.97. The van der Waals surface area contributed by atoms with Crippen LogP contribution in [-0.4, -0.2) is 17.5 Å². The van der Waals surface area contributed by atoms with Gasteiger partial charge in [-0.15, -0.1) is 0 Å². The highest BCUT2D eigenvalue weighted by atomic mass is 35.5. The lowest BCUT2D eigenvalue weighted by atomic mass is 10.3. The third kappa shape index (κ3) is 4.06. The van der Waals surface area contributed by atoms with E-state index in [9.17, 15) is 0 Å². The lowest BCUT2D eigenvalue weighted by Crippen LogP contribution is -2.12. The van der Waals surface area contributed by atoms with Crippen LogP contribution in [0.3, 0.4) is 0 Å². The van der Waals surface area contributed by atoms with Crippen LogP contribution in [-0.2, 0) is 0 Å². The number of aliphatic imine (C=N–C) groups is 1. The molecule has 1 aromatic rings. The molecule has 0 atom stereocenters. The number of hydrogen-bond acceptors (Lipinski definition) is 4. The van der Waals surface area contributed by atoms with Crippen LogP contribution in [0.1, 0.15) is 25.7 Å². The first-order valence-corrected chi connectivity index (χ1v) is 8.07. The van der Waals surface area contributed by atoms with E-state index in [1.54, 1.807) is 6.07 Å². The van der Waals surface area contributed by atoms with Crippen LogP contribution in [0.5, 0.6) is 5.75 Å². The molecule has 106 valence electrons. The van der Waals surface area contributed by atoms with E-state index >= 15 is 0 Å². The molecular formula is C14H16ClN3OS. The topological polar surface area (TPSA) is 57.4 Å². The van der Waals surface area contributed by atoms with Gasteiger partial charge in [0.1, 0.15) is 5.75 Å². The van der Waals surface area contributed by atoms with Gasteiger partial charge >= 0.3 is 0 Å². The van der Waals surface area contributed by atoms with E-state index in [2.05, 4.69) is 10.3 Å². The number of thioether (sulfide) groups is 1. The lowest BCUT2D eigenvalue weighted by molar-refractivity contribution is 0.210. The fourth-order valence-electron chi connectivity index (χ4n) is 2.13. The van der Waals surface area contributed by atoms with Gasteiger partial charge in [-0.25, -0.2) is 4.99 Å². The van der Waals surface area contributed by atoms with E-state index < -0.39 is 0 Å². The van der Waals surface area contributed by atoms with Crippen LogP contribution in [0.15, 0.2) is 23.2 Å². The average Bonchev–Trinajstić information content (AvgIpc) is 2.94. The van der Waals surface area contributed by atoms with E-state index in [-0.39, 0.29) is 6.10 Å². The molecule has 0 bridgehead atoms. The minimum absolute atomic E-state index is 0.281. The van der Waals surface area contributed by atoms with Crippen molar-refractivity contribution in [2.45, 2.75) is 31.8 Å². The molecule has 0 heterocycles. The van der Waals surface area contributed by atoms with Crippen LogP contribution < -0.4 is 10.1 Å². The van der Waals surface area contributed by atoms with E-state index in [0.29, 0.717) is 21.6 Å². The predicted molar refractivity (Wildman–Crippen MR) is 83.7 cm³/mol. The Morgan fingerprint density at radius 3 is 2.85 bits per heavy atom. The SMILES string of the molecule is CSC(=Nc1ccc(OC2CCCC2)c(Cl)c1)NC#N. The molecule has 0 amide bonds. The van der Waals surface area contributed by atoms with Gasteiger partial charge in [-0.05, 0) is 50.1 Å². The minimum atomic E-state index is 0.281. The maximum Gasteiger partial charge on any atom is 0.183 e. The zero-order chi connectivity index (χ0) is 14.4. The molecule has 0 spiro atoms. The van der Waals surface area contributed by atoms with Crippen molar-refractivity contribution in [3.8, 4) is 11.9 Å². The molecule has 1 fully saturated rings. The van der Waals surface area contributed by atoms with Gasteiger partial charge in [-0.2, -0.15) is 5.26 Å². The summed E-state index contributed by atoms with van der Waals surface area (Å²) in [6.07, 6.45) is 8.62. The number of nitrogens with one attached hydrogen (secondary N) is 1. The lowest BCUT2D eigenvalue weighted by Gasteiger charge is -2.14. The number of benzene rings is 1. The van der Waals surface area contributed by atoms with E-state index in [1.807, 2.05) is 24.6 Å². The Morgan fingerprint density at radius 1 is 1.50 bits per heavy atom. The Balaban J connectivity index is 2.10. The Bertz CT molecular complexity index is 536. The molecule has 0 unspecified atom stereocenters. The second kappa shape index (κ2) is 7.41. The summed E-state index contributed by atoms with van der Waals surface area (Å²) < 4.78 is 5.89. The van der Waals surface area contributed by atoms with Crippen LogP contribution in [0.25, 0.3) is 0 Å². The van der Waals surface area contributed by atoms with E-state index in [0.717, 1.165) is 12.8 Å². The average molecular weight is 310 g/mol. The fourth-order valence-corrected chi connectivity index (χ4v) is 2.69. The van der Waals surface area contributed by atoms with E-state index in [4.69, 9.17) is 21.6 Å². The van der Waals surface area contributed by atoms with Gasteiger partial charge in [0.05, 0.1) is 16.8 Å². The fraction of sp³-hybridized carbons (Fsp3) is 0.429. The van der Waals surface area contributed by atoms with Crippen molar-refractivity contribution < 1.29 is 4.74 Å². The smallest absolute Gasteiger partial charge is 0.183 e. The van der Waals surface area contributed by atoms with Gasteiger partial charge in [-0.3, -0.25) is 5.32 Å². The highest BCUT2D eigenvalue weighted by Gasteiger charge is 2.17. The first kappa shape index (κ1) is 15.0. The molecule has 1 aliphatic carbocycles. The number of ether oxygens (including phenoxy) is 1. The molecule has 0 aliphatic heterocycles. The number of nitrogens with zero attached hydrogens (tertiary/aromatic N) is 2. The van der Waals surface area contributed by atoms with Gasteiger partial charge in [0.15, 0.2) is 11.4 Å². The van der Waals surface area contributed by atoms with Crippen molar-refractivity contribution in [3.63, 3.8) is 0 Å². The highest BCUT2D eigenvalue weighted by molar-refractivity contribution is 8.13. The number of halogens is 1. The normalized spacial score (nSPS) is 15.9. The Kier molecular flexibility index (Phi) is 5.57. The molecule has 0 radical (unpaired) electrons. The quantitative estimate of drug-likeness (QED) is 0.395. The first-order valence-electron chi connectivity index (χ1n) is 6.47. The summed E-state index contributed by atoms with van der Waals surface area (Å²) in [5.74, 6) is 0.705. The highest BCUT2D eigenvalue weighted by Crippen LogP contribution is 2.32. The summed E-state index contributed by atoms with van der Waals surface area (Å²) in [7, 11) is 0. The van der Waals surface area contributed by atoms with Crippen molar-refractivity contribution in [2.75, 3.05) is 6.26 Å². The molecule has 1 N–H and O–H groups in total. The summed E-state index contributed by atoms with van der Waals surface area (Å²) >= 11 is 7.59. The van der Waals surface area contributed by atoms with Crippen LogP contribution in [0, 0.1) is 11.5 Å². The molecule has 0 saturated heterocycles. The van der Waals surface area contributed by atoms with Gasteiger partial charge in [0, 0.05) is 0 Å². The summed E-state index contributed by atoms with van der Waals surface area (Å²) in [6, 6.07) is 5.43. The summed E-state index contributed by atoms with van der Waals surface area (Å²) in [6.45, 7) is 0. The van der Waals surface area contributed by atoms with Crippen molar-refractivity contribution in [2.24, 2.45) is 4.99 Å². The molecule has 4 nitrogen and oxygen atoms in total. The maximum absolute atomic E-state index is 8.60. The zero-order valence-electron chi connectivity index (χ0n) is 11.2. The van der Waals surface area contributed by atoms with Crippen LogP contribution in [0.4, 0.5) is 5.69 Å². The van der Waals surface area contributed by atoms with Gasteiger partial charge in [-0.1, -0.05) is 23.4 Å². The summed E-state index contributed by atoms with van der Waals surface area (Å²) in [5, 5.41) is 12.2. The molecule has 2 rings (SSSR count). The van der Waals surface area contributed by atoms with Gasteiger partial charge in [0.25, 0.3) is 0 Å². The Morgan fingerprint density at radius 2 is 2.25 bits per heavy atom. The molecule has 20 heavy (non-hydrogen) atoms. The summed E-state index contributed by atoms with van der Waals surface area (Å²) in [5.41, 5.74) is 0.695. The molecule has 1 saturated carbocycles. The second-order valence-corrected chi connectivity index (χ2v) is 5.70. The number of nitriles is 1. The molecule has 6 heteroatoms. The maximum atomic E-state index is 8.60. The monoisotopic (exact) mass is 309 g/mol. The van der Waals surface area contributed by atoms with Crippen molar-refractivity contribution >= 4 is 34.2 Å². The second-order valence-electron chi connectivity index (χ2n) is 4.50. The first-order chi connectivity index (χ1) is 9.72. The van der Waals surface area contributed by atoms with Gasteiger partial charge in [0.2, 0.25) is 0 Å². The molecular weight excluding hydrogens is 294 g/mol.